The van der Waals surface area contributed by atoms with Gasteiger partial charge in [-0.05, 0) is 26.2 Å². The van der Waals surface area contributed by atoms with Crippen molar-refractivity contribution in [1.82, 2.24) is 14.8 Å². The topological polar surface area (TPSA) is 116 Å². The molecular weight excluding hydrogens is 500 g/mol. The standard InChI is InChI=1S/C24H24F4N4O5/c1-3-14-13(10-37-24(35)16-17(25)15(23(33)34)18(26)20(28)19(16)27)21(30-11-5-7-36-8-6-11)12-9-29-32(4-2)22(12)31-14/h9,11H,3-8,10H2,1-2H3,(H,30,31)(H,33,34). The number of carbonyl (C=O) groups excluding carboxylic acids is 1. The number of carbonyl (C=O) groups is 2. The average molecular weight is 524 g/mol. The molecule has 0 bridgehead atoms. The Morgan fingerprint density at radius 3 is 2.41 bits per heavy atom. The summed E-state index contributed by atoms with van der Waals surface area (Å²) in [6.07, 6.45) is 3.41. The molecule has 0 saturated carbocycles. The van der Waals surface area contributed by atoms with E-state index in [2.05, 4.69) is 15.4 Å². The molecule has 1 fully saturated rings. The van der Waals surface area contributed by atoms with Gasteiger partial charge in [0.05, 0.1) is 23.0 Å². The number of carboxylic acid groups (broad SMARTS) is 1. The summed E-state index contributed by atoms with van der Waals surface area (Å²) in [7, 11) is 0. The summed E-state index contributed by atoms with van der Waals surface area (Å²) in [6.45, 7) is 4.83. The summed E-state index contributed by atoms with van der Waals surface area (Å²) < 4.78 is 68.9. The molecule has 0 amide bonds. The highest BCUT2D eigenvalue weighted by molar-refractivity contribution is 5.96. The lowest BCUT2D eigenvalue weighted by molar-refractivity contribution is 0.0459. The number of aromatic carboxylic acids is 1. The smallest absolute Gasteiger partial charge is 0.344 e. The Bertz CT molecular complexity index is 1370. The highest BCUT2D eigenvalue weighted by atomic mass is 19.2. The minimum atomic E-state index is -2.29. The molecule has 1 aliphatic rings. The summed E-state index contributed by atoms with van der Waals surface area (Å²) in [5.41, 5.74) is -1.35. The van der Waals surface area contributed by atoms with Gasteiger partial charge >= 0.3 is 11.9 Å². The molecule has 3 heterocycles. The second kappa shape index (κ2) is 10.7. The quantitative estimate of drug-likeness (QED) is 0.195. The first kappa shape index (κ1) is 26.3. The number of aromatic nitrogens is 3. The van der Waals surface area contributed by atoms with Crippen LogP contribution < -0.4 is 5.32 Å². The molecule has 2 aromatic heterocycles. The molecule has 1 aromatic carbocycles. The van der Waals surface area contributed by atoms with Gasteiger partial charge in [-0.3, -0.25) is 0 Å². The third kappa shape index (κ3) is 4.82. The Balaban J connectivity index is 1.75. The molecule has 0 spiro atoms. The predicted molar refractivity (Wildman–Crippen MR) is 122 cm³/mol. The van der Waals surface area contributed by atoms with Gasteiger partial charge in [0.25, 0.3) is 0 Å². The van der Waals surface area contributed by atoms with E-state index >= 15 is 0 Å². The molecule has 0 aliphatic carbocycles. The molecular formula is C24H24F4N4O5. The van der Waals surface area contributed by atoms with Crippen LogP contribution in [0.1, 0.15) is 58.7 Å². The van der Waals surface area contributed by atoms with Crippen LogP contribution in [-0.4, -0.2) is 51.1 Å². The summed E-state index contributed by atoms with van der Waals surface area (Å²) in [5.74, 6) is -12.7. The van der Waals surface area contributed by atoms with Crippen molar-refractivity contribution in [2.45, 2.75) is 52.3 Å². The lowest BCUT2D eigenvalue weighted by atomic mass is 10.0. The maximum absolute atomic E-state index is 14.6. The van der Waals surface area contributed by atoms with Crippen molar-refractivity contribution >= 4 is 28.7 Å². The second-order valence-corrected chi connectivity index (χ2v) is 8.38. The maximum atomic E-state index is 14.6. The number of nitrogens with one attached hydrogen (secondary N) is 1. The van der Waals surface area contributed by atoms with Gasteiger partial charge in [0.2, 0.25) is 0 Å². The van der Waals surface area contributed by atoms with Crippen molar-refractivity contribution in [2.75, 3.05) is 18.5 Å². The van der Waals surface area contributed by atoms with Gasteiger partial charge in [-0.15, -0.1) is 0 Å². The maximum Gasteiger partial charge on any atom is 0.344 e. The van der Waals surface area contributed by atoms with Crippen LogP contribution in [0.4, 0.5) is 23.2 Å². The van der Waals surface area contributed by atoms with E-state index in [-0.39, 0.29) is 6.04 Å². The molecule has 1 saturated heterocycles. The van der Waals surface area contributed by atoms with Gasteiger partial charge in [-0.1, -0.05) is 6.92 Å². The molecule has 4 rings (SSSR count). The number of anilines is 1. The molecule has 13 heteroatoms. The number of ether oxygens (including phenoxy) is 2. The number of nitrogens with zero attached hydrogens (tertiary/aromatic N) is 3. The Hall–Kier alpha value is -3.74. The number of hydrogen-bond acceptors (Lipinski definition) is 7. The minimum Gasteiger partial charge on any atom is -0.477 e. The number of benzene rings is 1. The number of hydrogen-bond donors (Lipinski definition) is 2. The van der Waals surface area contributed by atoms with E-state index in [1.54, 1.807) is 10.9 Å². The Morgan fingerprint density at radius 2 is 1.78 bits per heavy atom. The summed E-state index contributed by atoms with van der Waals surface area (Å²) in [5, 5.41) is 17.4. The van der Waals surface area contributed by atoms with Crippen molar-refractivity contribution < 1.29 is 41.7 Å². The van der Waals surface area contributed by atoms with Gasteiger partial charge in [0.15, 0.2) is 28.9 Å². The second-order valence-electron chi connectivity index (χ2n) is 8.38. The van der Waals surface area contributed by atoms with E-state index in [9.17, 15) is 27.2 Å². The Labute approximate surface area is 208 Å². The van der Waals surface area contributed by atoms with Crippen LogP contribution >= 0.6 is 0 Å². The van der Waals surface area contributed by atoms with Gasteiger partial charge in [-0.25, -0.2) is 36.8 Å². The van der Waals surface area contributed by atoms with Crippen molar-refractivity contribution in [1.29, 1.82) is 0 Å². The molecule has 0 unspecified atom stereocenters. The van der Waals surface area contributed by atoms with Gasteiger partial charge in [-0.2, -0.15) is 5.10 Å². The largest absolute Gasteiger partial charge is 0.477 e. The first-order valence-electron chi connectivity index (χ1n) is 11.7. The highest BCUT2D eigenvalue weighted by Crippen LogP contribution is 2.32. The molecule has 0 atom stereocenters. The van der Waals surface area contributed by atoms with Crippen molar-refractivity contribution in [3.8, 4) is 0 Å². The summed E-state index contributed by atoms with van der Waals surface area (Å²) in [6, 6.07) is 0.0164. The van der Waals surface area contributed by atoms with Gasteiger partial charge in [0.1, 0.15) is 17.7 Å². The Kier molecular flexibility index (Phi) is 7.62. The summed E-state index contributed by atoms with van der Waals surface area (Å²) >= 11 is 0. The third-order valence-corrected chi connectivity index (χ3v) is 6.21. The van der Waals surface area contributed by atoms with E-state index in [1.165, 1.54) is 0 Å². The zero-order valence-corrected chi connectivity index (χ0v) is 20.0. The van der Waals surface area contributed by atoms with E-state index in [4.69, 9.17) is 14.6 Å². The van der Waals surface area contributed by atoms with E-state index in [0.717, 1.165) is 0 Å². The number of aryl methyl sites for hydroxylation is 2. The zero-order chi connectivity index (χ0) is 26.9. The van der Waals surface area contributed by atoms with Crippen LogP contribution in [0.3, 0.4) is 0 Å². The normalized spacial score (nSPS) is 14.2. The number of rotatable bonds is 8. The van der Waals surface area contributed by atoms with Crippen molar-refractivity contribution in [3.63, 3.8) is 0 Å². The highest BCUT2D eigenvalue weighted by Gasteiger charge is 2.33. The van der Waals surface area contributed by atoms with Gasteiger partial charge in [0, 0.05) is 31.4 Å². The first-order chi connectivity index (χ1) is 17.7. The van der Waals surface area contributed by atoms with Crippen LogP contribution in [0.5, 0.6) is 0 Å². The minimum absolute atomic E-state index is 0.0164. The Morgan fingerprint density at radius 1 is 1.11 bits per heavy atom. The molecule has 9 nitrogen and oxygen atoms in total. The zero-order valence-electron chi connectivity index (χ0n) is 20.0. The average Bonchev–Trinajstić information content (AvgIpc) is 3.30. The van der Waals surface area contributed by atoms with Crippen LogP contribution in [-0.2, 0) is 29.0 Å². The molecule has 37 heavy (non-hydrogen) atoms. The first-order valence-corrected chi connectivity index (χ1v) is 11.7. The summed E-state index contributed by atoms with van der Waals surface area (Å²) in [4.78, 5) is 28.5. The number of pyridine rings is 1. The number of halogens is 4. The fraction of sp³-hybridized carbons (Fsp3) is 0.417. The number of carboxylic acids is 1. The SMILES string of the molecule is CCc1nc2c(cnn2CC)c(NC2CCOCC2)c1COC(=O)c1c(F)c(F)c(F)c(C(=O)O)c1F. The lowest BCUT2D eigenvalue weighted by Gasteiger charge is -2.26. The predicted octanol–water partition coefficient (Wildman–Crippen LogP) is 4.22. The van der Waals surface area contributed by atoms with Crippen LogP contribution in [0.15, 0.2) is 6.20 Å². The van der Waals surface area contributed by atoms with E-state index < -0.39 is 52.9 Å². The molecule has 1 aliphatic heterocycles. The van der Waals surface area contributed by atoms with Crippen LogP contribution in [0.25, 0.3) is 11.0 Å². The van der Waals surface area contributed by atoms with E-state index in [0.29, 0.717) is 67.0 Å². The molecule has 2 N–H and O–H groups in total. The van der Waals surface area contributed by atoms with Crippen LogP contribution in [0, 0.1) is 23.3 Å². The van der Waals surface area contributed by atoms with Gasteiger partial charge < -0.3 is 19.9 Å². The van der Waals surface area contributed by atoms with Crippen molar-refractivity contribution in [2.24, 2.45) is 0 Å². The fourth-order valence-corrected chi connectivity index (χ4v) is 4.28. The molecule has 3 aromatic rings. The fourth-order valence-electron chi connectivity index (χ4n) is 4.28. The van der Waals surface area contributed by atoms with Crippen LogP contribution in [0.2, 0.25) is 0 Å². The van der Waals surface area contributed by atoms with E-state index in [1.807, 2.05) is 13.8 Å². The number of fused-ring (bicyclic) bond motifs is 1. The monoisotopic (exact) mass is 524 g/mol. The lowest BCUT2D eigenvalue weighted by Crippen LogP contribution is -2.29. The number of esters is 1. The van der Waals surface area contributed by atoms with Crippen molar-refractivity contribution in [3.05, 3.63) is 51.9 Å². The molecule has 0 radical (unpaired) electrons. The third-order valence-electron chi connectivity index (χ3n) is 6.21. The molecule has 198 valence electrons.